The molecule has 0 amide bonds. The maximum Gasteiger partial charge on any atom is 0.0737 e. The molecule has 0 spiro atoms. The molecule has 2 aromatic rings. The minimum absolute atomic E-state index is 0.474. The van der Waals surface area contributed by atoms with Crippen LogP contribution in [0.4, 0.5) is 0 Å². The van der Waals surface area contributed by atoms with E-state index in [4.69, 9.17) is 9.98 Å². The first-order valence-electron chi connectivity index (χ1n) is 8.97. The van der Waals surface area contributed by atoms with Crippen LogP contribution in [0.2, 0.25) is 0 Å². The standard InChI is InChI=1S/C22H24N2/c1-14-8-9-17-12-18(13-24-21(17)16(14)3)22-20-7-5-4-6-19(20)15(2)10-11-23-22/h4-9,12-16H,10-11H2,1-3H3. The highest BCUT2D eigenvalue weighted by molar-refractivity contribution is 6.14. The average molecular weight is 316 g/mol. The lowest BCUT2D eigenvalue weighted by Gasteiger charge is -2.23. The number of aromatic nitrogens is 1. The summed E-state index contributed by atoms with van der Waals surface area (Å²) in [6, 6.07) is 11.0. The molecule has 4 rings (SSSR count). The molecule has 0 saturated carbocycles. The van der Waals surface area contributed by atoms with Crippen LogP contribution >= 0.6 is 0 Å². The number of benzene rings is 1. The minimum atomic E-state index is 0.474. The molecule has 0 saturated heterocycles. The number of allylic oxidation sites excluding steroid dienone is 1. The van der Waals surface area contributed by atoms with E-state index in [1.54, 1.807) is 0 Å². The molecule has 2 nitrogen and oxygen atoms in total. The average Bonchev–Trinajstić information content (AvgIpc) is 2.77. The van der Waals surface area contributed by atoms with Gasteiger partial charge in [0, 0.05) is 29.8 Å². The van der Waals surface area contributed by atoms with Crippen LogP contribution in [0.25, 0.3) is 6.08 Å². The van der Waals surface area contributed by atoms with Crippen molar-refractivity contribution in [2.75, 3.05) is 6.54 Å². The lowest BCUT2D eigenvalue weighted by molar-refractivity contribution is 0.570. The van der Waals surface area contributed by atoms with Gasteiger partial charge in [0.25, 0.3) is 0 Å². The van der Waals surface area contributed by atoms with Crippen molar-refractivity contribution in [1.29, 1.82) is 0 Å². The number of hydrogen-bond donors (Lipinski definition) is 0. The molecule has 0 N–H and O–H groups in total. The number of hydrogen-bond acceptors (Lipinski definition) is 2. The maximum atomic E-state index is 4.92. The van der Waals surface area contributed by atoms with E-state index < -0.39 is 0 Å². The summed E-state index contributed by atoms with van der Waals surface area (Å²) in [6.45, 7) is 7.70. The van der Waals surface area contributed by atoms with Crippen molar-refractivity contribution in [2.24, 2.45) is 10.9 Å². The third-order valence-electron chi connectivity index (χ3n) is 5.60. The van der Waals surface area contributed by atoms with Gasteiger partial charge in [0.15, 0.2) is 0 Å². The van der Waals surface area contributed by atoms with Crippen LogP contribution in [0.3, 0.4) is 0 Å². The number of pyridine rings is 1. The zero-order valence-corrected chi connectivity index (χ0v) is 14.7. The van der Waals surface area contributed by atoms with Crippen LogP contribution in [-0.4, -0.2) is 17.2 Å². The molecular weight excluding hydrogens is 292 g/mol. The van der Waals surface area contributed by atoms with Gasteiger partial charge < -0.3 is 0 Å². The van der Waals surface area contributed by atoms with Crippen molar-refractivity contribution in [3.63, 3.8) is 0 Å². The van der Waals surface area contributed by atoms with Gasteiger partial charge in [-0.2, -0.15) is 0 Å². The molecule has 0 fully saturated rings. The number of nitrogens with zero attached hydrogens (tertiary/aromatic N) is 2. The van der Waals surface area contributed by atoms with E-state index in [9.17, 15) is 0 Å². The normalized spacial score (nSPS) is 25.5. The first-order chi connectivity index (χ1) is 11.6. The van der Waals surface area contributed by atoms with E-state index in [-0.39, 0.29) is 0 Å². The quantitative estimate of drug-likeness (QED) is 0.710. The molecule has 1 aliphatic heterocycles. The first kappa shape index (κ1) is 15.3. The maximum absolute atomic E-state index is 4.92. The fourth-order valence-electron chi connectivity index (χ4n) is 3.81. The van der Waals surface area contributed by atoms with Crippen LogP contribution in [0.15, 0.2) is 47.6 Å². The summed E-state index contributed by atoms with van der Waals surface area (Å²) in [5.41, 5.74) is 7.38. The zero-order valence-electron chi connectivity index (χ0n) is 14.7. The van der Waals surface area contributed by atoms with Crippen molar-refractivity contribution < 1.29 is 0 Å². The Kier molecular flexibility index (Phi) is 3.84. The van der Waals surface area contributed by atoms with Gasteiger partial charge in [-0.3, -0.25) is 9.98 Å². The zero-order chi connectivity index (χ0) is 16.7. The number of rotatable bonds is 1. The van der Waals surface area contributed by atoms with E-state index >= 15 is 0 Å². The second-order valence-electron chi connectivity index (χ2n) is 7.21. The number of fused-ring (bicyclic) bond motifs is 2. The van der Waals surface area contributed by atoms with E-state index in [1.807, 2.05) is 6.20 Å². The molecule has 0 bridgehead atoms. The Hall–Kier alpha value is -2.22. The molecule has 24 heavy (non-hydrogen) atoms. The van der Waals surface area contributed by atoms with E-state index in [2.05, 4.69) is 63.3 Å². The van der Waals surface area contributed by atoms with Gasteiger partial charge >= 0.3 is 0 Å². The van der Waals surface area contributed by atoms with E-state index in [0.29, 0.717) is 17.8 Å². The van der Waals surface area contributed by atoms with Crippen LogP contribution in [0, 0.1) is 5.92 Å². The summed E-state index contributed by atoms with van der Waals surface area (Å²) in [7, 11) is 0. The SMILES string of the molecule is CC1CCN=C(c2cnc3c(c2)C=CC(C)C3C)c2ccccc21. The van der Waals surface area contributed by atoms with Crippen molar-refractivity contribution in [2.45, 2.75) is 39.0 Å². The lowest BCUT2D eigenvalue weighted by atomic mass is 9.84. The van der Waals surface area contributed by atoms with Crippen molar-refractivity contribution in [3.8, 4) is 0 Å². The summed E-state index contributed by atoms with van der Waals surface area (Å²) >= 11 is 0. The van der Waals surface area contributed by atoms with E-state index in [1.165, 1.54) is 22.4 Å². The second kappa shape index (κ2) is 6.01. The van der Waals surface area contributed by atoms with Gasteiger partial charge in [0.2, 0.25) is 0 Å². The third kappa shape index (κ3) is 2.50. The Balaban J connectivity index is 1.82. The lowest BCUT2D eigenvalue weighted by Crippen LogP contribution is -2.14. The van der Waals surface area contributed by atoms with Gasteiger partial charge in [-0.05, 0) is 35.4 Å². The third-order valence-corrected chi connectivity index (χ3v) is 5.60. The predicted octanol–water partition coefficient (Wildman–Crippen LogP) is 5.19. The second-order valence-corrected chi connectivity index (χ2v) is 7.21. The summed E-state index contributed by atoms with van der Waals surface area (Å²) in [4.78, 5) is 9.74. The predicted molar refractivity (Wildman–Crippen MR) is 101 cm³/mol. The Labute approximate surface area is 144 Å². The summed E-state index contributed by atoms with van der Waals surface area (Å²) in [5, 5.41) is 0. The highest BCUT2D eigenvalue weighted by atomic mass is 14.8. The molecule has 2 heteroatoms. The van der Waals surface area contributed by atoms with Crippen LogP contribution in [0.5, 0.6) is 0 Å². The summed E-state index contributed by atoms with van der Waals surface area (Å²) in [6.07, 6.45) is 7.64. The molecule has 0 radical (unpaired) electrons. The smallest absolute Gasteiger partial charge is 0.0737 e. The van der Waals surface area contributed by atoms with Gasteiger partial charge in [-0.15, -0.1) is 0 Å². The largest absolute Gasteiger partial charge is 0.284 e. The molecule has 2 heterocycles. The summed E-state index contributed by atoms with van der Waals surface area (Å²) in [5.74, 6) is 1.57. The monoisotopic (exact) mass is 316 g/mol. The van der Waals surface area contributed by atoms with Crippen molar-refractivity contribution in [3.05, 3.63) is 70.6 Å². The Bertz CT molecular complexity index is 832. The topological polar surface area (TPSA) is 25.2 Å². The van der Waals surface area contributed by atoms with Crippen LogP contribution < -0.4 is 0 Å². The molecule has 1 aromatic carbocycles. The fraction of sp³-hybridized carbons (Fsp3) is 0.364. The fourth-order valence-corrected chi connectivity index (χ4v) is 3.81. The molecule has 1 aliphatic carbocycles. The Morgan fingerprint density at radius 2 is 1.92 bits per heavy atom. The summed E-state index contributed by atoms with van der Waals surface area (Å²) < 4.78 is 0. The van der Waals surface area contributed by atoms with Gasteiger partial charge in [-0.25, -0.2) is 0 Å². The van der Waals surface area contributed by atoms with Crippen LogP contribution in [0.1, 0.15) is 67.0 Å². The number of aliphatic imine (C=N–C) groups is 1. The van der Waals surface area contributed by atoms with Gasteiger partial charge in [0.1, 0.15) is 0 Å². The van der Waals surface area contributed by atoms with Gasteiger partial charge in [-0.1, -0.05) is 57.2 Å². The highest BCUT2D eigenvalue weighted by Gasteiger charge is 2.23. The first-order valence-corrected chi connectivity index (χ1v) is 8.97. The molecule has 3 unspecified atom stereocenters. The van der Waals surface area contributed by atoms with E-state index in [0.717, 1.165) is 24.2 Å². The minimum Gasteiger partial charge on any atom is -0.284 e. The van der Waals surface area contributed by atoms with Crippen LogP contribution in [-0.2, 0) is 0 Å². The Morgan fingerprint density at radius 1 is 1.08 bits per heavy atom. The molecular formula is C22H24N2. The molecule has 1 aromatic heterocycles. The Morgan fingerprint density at radius 3 is 2.79 bits per heavy atom. The highest BCUT2D eigenvalue weighted by Crippen LogP contribution is 2.33. The van der Waals surface area contributed by atoms with Crippen molar-refractivity contribution >= 4 is 11.8 Å². The molecule has 122 valence electrons. The van der Waals surface area contributed by atoms with Gasteiger partial charge in [0.05, 0.1) is 11.4 Å². The molecule has 2 aliphatic rings. The molecule has 3 atom stereocenters. The van der Waals surface area contributed by atoms with Crippen molar-refractivity contribution in [1.82, 2.24) is 4.98 Å².